The van der Waals surface area contributed by atoms with E-state index in [1.807, 2.05) is 0 Å². The van der Waals surface area contributed by atoms with Crippen molar-refractivity contribution in [2.45, 2.75) is 29.3 Å². The van der Waals surface area contributed by atoms with Gasteiger partial charge in [-0.1, -0.05) is 18.2 Å². The largest absolute Gasteiger partial charge is 0.484 e. The summed E-state index contributed by atoms with van der Waals surface area (Å²) in [4.78, 5) is 13.3. The van der Waals surface area contributed by atoms with Gasteiger partial charge in [0.2, 0.25) is 0 Å². The van der Waals surface area contributed by atoms with E-state index in [0.717, 1.165) is 18.2 Å². The van der Waals surface area contributed by atoms with E-state index >= 15 is 0 Å². The van der Waals surface area contributed by atoms with Crippen LogP contribution in [0.4, 0.5) is 13.2 Å². The summed E-state index contributed by atoms with van der Waals surface area (Å²) in [5, 5.41) is 8.03. The predicted molar refractivity (Wildman–Crippen MR) is 101 cm³/mol. The number of halogens is 3. The van der Waals surface area contributed by atoms with Crippen molar-refractivity contribution >= 4 is 15.7 Å². The van der Waals surface area contributed by atoms with Crippen LogP contribution in [0.15, 0.2) is 53.4 Å². The lowest BCUT2D eigenvalue weighted by atomic mass is 10.2. The number of aliphatic hydroxyl groups excluding tert-OH is 1. The number of rotatable bonds is 6. The van der Waals surface area contributed by atoms with Crippen molar-refractivity contribution in [1.29, 1.82) is 0 Å². The number of carbonyl (C=O) groups excluding carboxylic acids is 1. The summed E-state index contributed by atoms with van der Waals surface area (Å²) < 4.78 is 69.6. The molecule has 1 saturated heterocycles. The monoisotopic (exact) mass is 443 g/mol. The number of sulfone groups is 1. The number of benzene rings is 2. The van der Waals surface area contributed by atoms with Crippen LogP contribution in [0.3, 0.4) is 0 Å². The van der Waals surface area contributed by atoms with E-state index in [4.69, 9.17) is 9.84 Å². The summed E-state index contributed by atoms with van der Waals surface area (Å²) in [5.74, 6) is 0.0101. The first-order chi connectivity index (χ1) is 14.1. The first-order valence-electron chi connectivity index (χ1n) is 9.13. The summed E-state index contributed by atoms with van der Waals surface area (Å²) in [5.41, 5.74) is -0.342. The first-order valence-corrected chi connectivity index (χ1v) is 10.7. The number of hydrogen-bond donors (Lipinski definition) is 1. The average Bonchev–Trinajstić information content (AvgIpc) is 3.23. The van der Waals surface area contributed by atoms with Crippen molar-refractivity contribution in [3.63, 3.8) is 0 Å². The molecule has 0 aliphatic carbocycles. The standard InChI is InChI=1S/C20H20F3NO5S/c21-20(22,23)15-2-1-3-17(10-15)30(27,28)18-8-9-24(11-18)19(26)13-29-16-6-4-14(12-25)5-7-16/h1-7,10,18,25H,8-9,11-13H2. The molecule has 0 bridgehead atoms. The molecule has 0 spiro atoms. The number of alkyl halides is 3. The van der Waals surface area contributed by atoms with Crippen molar-refractivity contribution in [2.75, 3.05) is 19.7 Å². The second-order valence-electron chi connectivity index (χ2n) is 6.91. The van der Waals surface area contributed by atoms with Gasteiger partial charge in [-0.3, -0.25) is 4.79 Å². The number of amides is 1. The lowest BCUT2D eigenvalue weighted by Crippen LogP contribution is -2.35. The predicted octanol–water partition coefficient (Wildman–Crippen LogP) is 2.65. The third-order valence-corrected chi connectivity index (χ3v) is 7.07. The van der Waals surface area contributed by atoms with Crippen LogP contribution in [-0.2, 0) is 27.4 Å². The van der Waals surface area contributed by atoms with E-state index in [1.54, 1.807) is 24.3 Å². The van der Waals surface area contributed by atoms with Crippen LogP contribution in [0.25, 0.3) is 0 Å². The number of aliphatic hydroxyl groups is 1. The molecular weight excluding hydrogens is 423 g/mol. The zero-order valence-electron chi connectivity index (χ0n) is 15.8. The summed E-state index contributed by atoms with van der Waals surface area (Å²) in [6, 6.07) is 10.1. The molecule has 1 N–H and O–H groups in total. The maximum atomic E-state index is 12.9. The summed E-state index contributed by atoms with van der Waals surface area (Å²) in [7, 11) is -4.02. The molecule has 1 heterocycles. The number of nitrogens with zero attached hydrogens (tertiary/aromatic N) is 1. The average molecular weight is 443 g/mol. The molecule has 1 unspecified atom stereocenters. The second kappa shape index (κ2) is 8.65. The van der Waals surface area contributed by atoms with Gasteiger partial charge < -0.3 is 14.7 Å². The normalized spacial score (nSPS) is 17.2. The molecule has 1 fully saturated rings. The van der Waals surface area contributed by atoms with Gasteiger partial charge >= 0.3 is 6.18 Å². The molecule has 2 aromatic rings. The number of carbonyl (C=O) groups is 1. The minimum atomic E-state index is -4.64. The topological polar surface area (TPSA) is 83.9 Å². The number of ether oxygens (including phenoxy) is 1. The summed E-state index contributed by atoms with van der Waals surface area (Å²) in [6.45, 7) is -0.345. The summed E-state index contributed by atoms with van der Waals surface area (Å²) in [6.07, 6.45) is -4.51. The highest BCUT2D eigenvalue weighted by Gasteiger charge is 2.38. The van der Waals surface area contributed by atoms with E-state index in [0.29, 0.717) is 17.4 Å². The van der Waals surface area contributed by atoms with Gasteiger partial charge in [0.05, 0.1) is 22.3 Å². The Hall–Kier alpha value is -2.59. The highest BCUT2D eigenvalue weighted by Crippen LogP contribution is 2.32. The zero-order valence-corrected chi connectivity index (χ0v) is 16.6. The molecule has 10 heteroatoms. The van der Waals surface area contributed by atoms with Crippen molar-refractivity contribution < 1.29 is 36.2 Å². The van der Waals surface area contributed by atoms with Crippen LogP contribution in [0.2, 0.25) is 0 Å². The maximum absolute atomic E-state index is 12.9. The zero-order chi connectivity index (χ0) is 21.9. The van der Waals surface area contributed by atoms with Crippen molar-refractivity contribution in [3.8, 4) is 5.75 Å². The van der Waals surface area contributed by atoms with Gasteiger partial charge in [-0.15, -0.1) is 0 Å². The lowest BCUT2D eigenvalue weighted by Gasteiger charge is -2.17. The van der Waals surface area contributed by atoms with Crippen LogP contribution in [0, 0.1) is 0 Å². The van der Waals surface area contributed by atoms with Crippen molar-refractivity contribution in [2.24, 2.45) is 0 Å². The van der Waals surface area contributed by atoms with E-state index in [1.165, 1.54) is 4.90 Å². The Morgan fingerprint density at radius 2 is 1.87 bits per heavy atom. The molecule has 6 nitrogen and oxygen atoms in total. The van der Waals surface area contributed by atoms with Crippen LogP contribution in [0.1, 0.15) is 17.5 Å². The minimum Gasteiger partial charge on any atom is -0.484 e. The van der Waals surface area contributed by atoms with Gasteiger partial charge in [0.15, 0.2) is 16.4 Å². The molecule has 0 radical (unpaired) electrons. The molecule has 30 heavy (non-hydrogen) atoms. The molecule has 0 aromatic heterocycles. The fourth-order valence-electron chi connectivity index (χ4n) is 3.18. The Labute approximate surface area is 171 Å². The summed E-state index contributed by atoms with van der Waals surface area (Å²) >= 11 is 0. The van der Waals surface area contributed by atoms with E-state index in [-0.39, 0.29) is 32.7 Å². The molecule has 0 saturated carbocycles. The van der Waals surface area contributed by atoms with Gasteiger partial charge in [0.1, 0.15) is 5.75 Å². The highest BCUT2D eigenvalue weighted by atomic mass is 32.2. The Bertz CT molecular complexity index is 1010. The number of hydrogen-bond acceptors (Lipinski definition) is 5. The maximum Gasteiger partial charge on any atom is 0.416 e. The van der Waals surface area contributed by atoms with Crippen molar-refractivity contribution in [3.05, 3.63) is 59.7 Å². The minimum absolute atomic E-state index is 0.107. The Morgan fingerprint density at radius 3 is 2.50 bits per heavy atom. The number of likely N-dealkylation sites (tertiary alicyclic amines) is 1. The Morgan fingerprint density at radius 1 is 1.17 bits per heavy atom. The molecule has 162 valence electrons. The third-order valence-electron chi connectivity index (χ3n) is 4.89. The van der Waals surface area contributed by atoms with Crippen LogP contribution in [0.5, 0.6) is 5.75 Å². The van der Waals surface area contributed by atoms with E-state index in [2.05, 4.69) is 0 Å². The fourth-order valence-corrected chi connectivity index (χ4v) is 4.91. The highest BCUT2D eigenvalue weighted by molar-refractivity contribution is 7.92. The van der Waals surface area contributed by atoms with Gasteiger partial charge in [0.25, 0.3) is 5.91 Å². The Balaban J connectivity index is 1.63. The smallest absolute Gasteiger partial charge is 0.416 e. The van der Waals surface area contributed by atoms with E-state index in [9.17, 15) is 26.4 Å². The second-order valence-corrected chi connectivity index (χ2v) is 9.14. The SMILES string of the molecule is O=C(COc1ccc(CO)cc1)N1CCC(S(=O)(=O)c2cccc(C(F)(F)F)c2)C1. The Kier molecular flexibility index (Phi) is 6.37. The molecule has 1 aliphatic rings. The van der Waals surface area contributed by atoms with Gasteiger partial charge in [-0.25, -0.2) is 8.42 Å². The molecule has 3 rings (SSSR count). The lowest BCUT2D eigenvalue weighted by molar-refractivity contribution is -0.137. The van der Waals surface area contributed by atoms with Crippen LogP contribution >= 0.6 is 0 Å². The molecular formula is C20H20F3NO5S. The molecule has 1 amide bonds. The first kappa shape index (κ1) is 22.1. The third kappa shape index (κ3) is 4.93. The molecule has 2 aromatic carbocycles. The molecule has 1 aliphatic heterocycles. The van der Waals surface area contributed by atoms with Crippen LogP contribution < -0.4 is 4.74 Å². The van der Waals surface area contributed by atoms with E-state index < -0.39 is 37.6 Å². The quantitative estimate of drug-likeness (QED) is 0.742. The molecule has 1 atom stereocenters. The van der Waals surface area contributed by atoms with Crippen molar-refractivity contribution in [1.82, 2.24) is 4.90 Å². The van der Waals surface area contributed by atoms with Gasteiger partial charge in [-0.05, 0) is 42.3 Å². The van der Waals surface area contributed by atoms with Gasteiger partial charge in [0, 0.05) is 13.1 Å². The fraction of sp³-hybridized carbons (Fsp3) is 0.350. The van der Waals surface area contributed by atoms with Crippen LogP contribution in [-0.4, -0.2) is 49.3 Å². The van der Waals surface area contributed by atoms with Gasteiger partial charge in [-0.2, -0.15) is 13.2 Å².